The quantitative estimate of drug-likeness (QED) is 0.506. The molecule has 2 aromatic heterocycles. The second kappa shape index (κ2) is 8.57. The van der Waals surface area contributed by atoms with Gasteiger partial charge in [0.2, 0.25) is 0 Å². The highest BCUT2D eigenvalue weighted by molar-refractivity contribution is 7.92. The van der Waals surface area contributed by atoms with Crippen molar-refractivity contribution in [2.75, 3.05) is 5.32 Å². The summed E-state index contributed by atoms with van der Waals surface area (Å²) in [6.07, 6.45) is 1.41. The van der Waals surface area contributed by atoms with E-state index in [1.165, 1.54) is 23.5 Å². The molecule has 0 aliphatic heterocycles. The third kappa shape index (κ3) is 4.54. The summed E-state index contributed by atoms with van der Waals surface area (Å²) in [6.45, 7) is 0. The number of amides is 1. The minimum absolute atomic E-state index is 0.00283. The molecule has 1 amide bonds. The van der Waals surface area contributed by atoms with Crippen molar-refractivity contribution in [3.63, 3.8) is 0 Å². The summed E-state index contributed by atoms with van der Waals surface area (Å²) in [5, 5.41) is 2.77. The number of aromatic nitrogens is 2. The van der Waals surface area contributed by atoms with Gasteiger partial charge in [-0.25, -0.2) is 27.2 Å². The maximum Gasteiger partial charge on any atom is 0.257 e. The minimum Gasteiger partial charge on any atom is -0.298 e. The molecule has 3 atom stereocenters. The van der Waals surface area contributed by atoms with Crippen molar-refractivity contribution in [3.05, 3.63) is 54.2 Å². The predicted molar refractivity (Wildman–Crippen MR) is 123 cm³/mol. The molecule has 2 aliphatic rings. The molecule has 1 aromatic carbocycles. The molecule has 172 valence electrons. The standard InChI is InChI=1S/C23H21F2N3O3S2/c24-18-11-13(12-19(18)25)10-17(14-3-5-15(6-4-14)33(30,31)16-7-8-16)21(29)28-23-27-20-2-1-9-26-22(20)32-23/h1-6,9-10,13,16,18-19H,7-8,11-12H2,(H,27,28,29)/b17-10+/t13?,18-,19+. The van der Waals surface area contributed by atoms with Crippen LogP contribution in [0.2, 0.25) is 0 Å². The first-order valence-corrected chi connectivity index (χ1v) is 13.0. The summed E-state index contributed by atoms with van der Waals surface area (Å²) in [4.78, 5) is 22.6. The van der Waals surface area contributed by atoms with Gasteiger partial charge in [0.15, 0.2) is 15.0 Å². The van der Waals surface area contributed by atoms with Crippen LogP contribution >= 0.6 is 11.3 Å². The number of hydrogen-bond acceptors (Lipinski definition) is 6. The first-order chi connectivity index (χ1) is 15.8. The lowest BCUT2D eigenvalue weighted by Crippen LogP contribution is -2.15. The van der Waals surface area contributed by atoms with Crippen molar-refractivity contribution in [2.45, 2.75) is 48.2 Å². The van der Waals surface area contributed by atoms with E-state index in [9.17, 15) is 22.0 Å². The number of pyridine rings is 1. The van der Waals surface area contributed by atoms with E-state index in [-0.39, 0.29) is 28.6 Å². The fourth-order valence-electron chi connectivity index (χ4n) is 4.03. The molecular weight excluding hydrogens is 468 g/mol. The smallest absolute Gasteiger partial charge is 0.257 e. The number of hydrogen-bond donors (Lipinski definition) is 1. The van der Waals surface area contributed by atoms with Crippen LogP contribution in [0.5, 0.6) is 0 Å². The van der Waals surface area contributed by atoms with E-state index in [1.54, 1.807) is 36.5 Å². The lowest BCUT2D eigenvalue weighted by molar-refractivity contribution is -0.111. The molecule has 0 saturated heterocycles. The van der Waals surface area contributed by atoms with Crippen molar-refractivity contribution >= 4 is 48.1 Å². The molecule has 33 heavy (non-hydrogen) atoms. The number of fused-ring (bicyclic) bond motifs is 1. The van der Waals surface area contributed by atoms with E-state index in [4.69, 9.17) is 0 Å². The number of carbonyl (C=O) groups excluding carboxylic acids is 1. The first-order valence-electron chi connectivity index (χ1n) is 10.7. The van der Waals surface area contributed by atoms with Gasteiger partial charge >= 0.3 is 0 Å². The molecule has 6 nitrogen and oxygen atoms in total. The molecule has 3 aromatic rings. The van der Waals surface area contributed by atoms with Gasteiger partial charge in [-0.05, 0) is 61.4 Å². The maximum atomic E-state index is 13.8. The number of anilines is 1. The highest BCUT2D eigenvalue weighted by atomic mass is 32.2. The number of rotatable bonds is 6. The number of carbonyl (C=O) groups is 1. The number of alkyl halides is 2. The second-order valence-electron chi connectivity index (χ2n) is 8.41. The fraction of sp³-hybridized carbons (Fsp3) is 0.348. The number of benzene rings is 1. The van der Waals surface area contributed by atoms with Gasteiger partial charge in [-0.15, -0.1) is 0 Å². The van der Waals surface area contributed by atoms with E-state index in [2.05, 4.69) is 15.3 Å². The van der Waals surface area contributed by atoms with Crippen LogP contribution in [-0.4, -0.2) is 41.9 Å². The topological polar surface area (TPSA) is 89.0 Å². The van der Waals surface area contributed by atoms with Gasteiger partial charge < -0.3 is 0 Å². The lowest BCUT2D eigenvalue weighted by Gasteiger charge is -2.12. The number of nitrogens with zero attached hydrogens (tertiary/aromatic N) is 2. The van der Waals surface area contributed by atoms with Gasteiger partial charge in [-0.3, -0.25) is 10.1 Å². The zero-order valence-electron chi connectivity index (χ0n) is 17.4. The van der Waals surface area contributed by atoms with Crippen LogP contribution in [0.15, 0.2) is 53.6 Å². The maximum absolute atomic E-state index is 13.8. The Morgan fingerprint density at radius 3 is 2.42 bits per heavy atom. The van der Waals surface area contributed by atoms with Crippen molar-refractivity contribution < 1.29 is 22.0 Å². The Kier molecular flexibility index (Phi) is 5.74. The fourth-order valence-corrected chi connectivity index (χ4v) is 6.49. The van der Waals surface area contributed by atoms with Gasteiger partial charge in [0.25, 0.3) is 5.91 Å². The van der Waals surface area contributed by atoms with Crippen molar-refractivity contribution in [3.8, 4) is 0 Å². The molecule has 2 aliphatic carbocycles. The third-order valence-electron chi connectivity index (χ3n) is 5.94. The monoisotopic (exact) mass is 489 g/mol. The summed E-state index contributed by atoms with van der Waals surface area (Å²) in [6, 6.07) is 9.63. The summed E-state index contributed by atoms with van der Waals surface area (Å²) >= 11 is 1.22. The van der Waals surface area contributed by atoms with E-state index in [0.29, 0.717) is 33.9 Å². The summed E-state index contributed by atoms with van der Waals surface area (Å²) < 4.78 is 52.5. The van der Waals surface area contributed by atoms with Crippen LogP contribution in [0, 0.1) is 5.92 Å². The van der Waals surface area contributed by atoms with Gasteiger partial charge in [0.05, 0.1) is 10.1 Å². The Morgan fingerprint density at radius 2 is 1.79 bits per heavy atom. The largest absolute Gasteiger partial charge is 0.298 e. The highest BCUT2D eigenvalue weighted by Crippen LogP contribution is 2.36. The lowest BCUT2D eigenvalue weighted by atomic mass is 9.98. The van der Waals surface area contributed by atoms with Crippen LogP contribution < -0.4 is 5.32 Å². The van der Waals surface area contributed by atoms with E-state index < -0.39 is 34.0 Å². The van der Waals surface area contributed by atoms with Crippen LogP contribution in [-0.2, 0) is 14.6 Å². The molecule has 10 heteroatoms. The normalized spacial score (nSPS) is 23.7. The molecule has 5 rings (SSSR count). The Bertz CT molecular complexity index is 1290. The summed E-state index contributed by atoms with van der Waals surface area (Å²) in [5.74, 6) is -0.924. The SMILES string of the molecule is O=C(Nc1nc2cccnc2s1)/C(=C/C1C[C@@H](F)[C@@H](F)C1)c1ccc(S(=O)(=O)C2CC2)cc1. The second-order valence-corrected chi connectivity index (χ2v) is 11.6. The van der Waals surface area contributed by atoms with Crippen molar-refractivity contribution in [1.29, 1.82) is 0 Å². The highest BCUT2D eigenvalue weighted by Gasteiger charge is 2.37. The molecule has 0 bridgehead atoms. The van der Waals surface area contributed by atoms with Crippen LogP contribution in [0.3, 0.4) is 0 Å². The third-order valence-corrected chi connectivity index (χ3v) is 9.11. The van der Waals surface area contributed by atoms with Crippen LogP contribution in [0.4, 0.5) is 13.9 Å². The molecular formula is C23H21F2N3O3S2. The average molecular weight is 490 g/mol. The van der Waals surface area contributed by atoms with Crippen LogP contribution in [0.1, 0.15) is 31.2 Å². The van der Waals surface area contributed by atoms with Crippen molar-refractivity contribution in [1.82, 2.24) is 9.97 Å². The number of nitrogens with one attached hydrogen (secondary N) is 1. The molecule has 2 saturated carbocycles. The number of thiazole rings is 1. The van der Waals surface area contributed by atoms with Crippen LogP contribution in [0.25, 0.3) is 15.9 Å². The molecule has 0 radical (unpaired) electrons. The summed E-state index contributed by atoms with van der Waals surface area (Å²) in [5.41, 5.74) is 1.34. The first kappa shape index (κ1) is 22.1. The van der Waals surface area contributed by atoms with Gasteiger partial charge in [0.1, 0.15) is 22.7 Å². The molecule has 1 N–H and O–H groups in total. The predicted octanol–water partition coefficient (Wildman–Crippen LogP) is 4.74. The number of sulfone groups is 1. The minimum atomic E-state index is -3.36. The van der Waals surface area contributed by atoms with E-state index >= 15 is 0 Å². The van der Waals surface area contributed by atoms with Gasteiger partial charge in [0, 0.05) is 11.8 Å². The van der Waals surface area contributed by atoms with Crippen molar-refractivity contribution in [2.24, 2.45) is 5.92 Å². The van der Waals surface area contributed by atoms with Gasteiger partial charge in [-0.2, -0.15) is 0 Å². The van der Waals surface area contributed by atoms with E-state index in [0.717, 1.165) is 0 Å². The Hall–Kier alpha value is -2.72. The summed E-state index contributed by atoms with van der Waals surface area (Å²) in [7, 11) is -3.36. The molecule has 1 unspecified atom stereocenters. The number of allylic oxidation sites excluding steroid dienone is 1. The Labute approximate surface area is 193 Å². The molecule has 0 spiro atoms. The molecule has 2 heterocycles. The zero-order chi connectivity index (χ0) is 23.2. The van der Waals surface area contributed by atoms with E-state index in [1.807, 2.05) is 0 Å². The number of halogens is 2. The average Bonchev–Trinajstić information content (AvgIpc) is 3.51. The van der Waals surface area contributed by atoms with Gasteiger partial charge in [-0.1, -0.05) is 29.5 Å². The Morgan fingerprint density at radius 1 is 1.09 bits per heavy atom. The zero-order valence-corrected chi connectivity index (χ0v) is 19.1. The molecule has 2 fully saturated rings. The Balaban J connectivity index is 1.45.